The van der Waals surface area contributed by atoms with E-state index in [1.54, 1.807) is 0 Å². The van der Waals surface area contributed by atoms with Crippen LogP contribution in [0.2, 0.25) is 0 Å². The highest BCUT2D eigenvalue weighted by molar-refractivity contribution is 5.77. The number of hydrogen-bond acceptors (Lipinski definition) is 5. The zero-order chi connectivity index (χ0) is 17.2. The van der Waals surface area contributed by atoms with Crippen molar-refractivity contribution in [3.8, 4) is 11.8 Å². The lowest BCUT2D eigenvalue weighted by Crippen LogP contribution is -2.46. The lowest BCUT2D eigenvalue weighted by Gasteiger charge is -2.34. The third-order valence-electron chi connectivity index (χ3n) is 4.12. The molecule has 1 aromatic rings. The number of nitrogens with zero attached hydrogens (tertiary/aromatic N) is 2. The molecule has 1 aliphatic heterocycles. The summed E-state index contributed by atoms with van der Waals surface area (Å²) in [6.45, 7) is 6.71. The molecule has 0 aromatic heterocycles. The fourth-order valence-electron chi connectivity index (χ4n) is 2.68. The first-order valence-corrected chi connectivity index (χ1v) is 8.40. The van der Waals surface area contributed by atoms with Crippen LogP contribution in [0.1, 0.15) is 25.3 Å². The minimum atomic E-state index is -0.256. The number of nitriles is 1. The second-order valence-electron chi connectivity index (χ2n) is 5.78. The van der Waals surface area contributed by atoms with Gasteiger partial charge in [0.1, 0.15) is 18.8 Å². The molecule has 1 atom stereocenters. The lowest BCUT2D eigenvalue weighted by molar-refractivity contribution is -0.120. The van der Waals surface area contributed by atoms with Gasteiger partial charge in [-0.1, -0.05) is 19.1 Å². The van der Waals surface area contributed by atoms with Gasteiger partial charge >= 0.3 is 0 Å². The van der Waals surface area contributed by atoms with Crippen LogP contribution in [0.25, 0.3) is 0 Å². The number of ether oxygens (including phenoxy) is 2. The van der Waals surface area contributed by atoms with Gasteiger partial charge in [0, 0.05) is 25.7 Å². The van der Waals surface area contributed by atoms with E-state index in [-0.39, 0.29) is 12.3 Å². The van der Waals surface area contributed by atoms with Gasteiger partial charge in [0.15, 0.2) is 0 Å². The molecule has 24 heavy (non-hydrogen) atoms. The number of morpholine rings is 1. The Labute approximate surface area is 143 Å². The van der Waals surface area contributed by atoms with Crippen molar-refractivity contribution in [2.45, 2.75) is 32.4 Å². The van der Waals surface area contributed by atoms with E-state index in [9.17, 15) is 4.79 Å². The van der Waals surface area contributed by atoms with Gasteiger partial charge < -0.3 is 14.8 Å². The Kier molecular flexibility index (Phi) is 7.53. The molecule has 0 unspecified atom stereocenters. The van der Waals surface area contributed by atoms with E-state index in [1.165, 1.54) is 0 Å². The van der Waals surface area contributed by atoms with E-state index in [4.69, 9.17) is 14.7 Å². The Morgan fingerprint density at radius 1 is 1.46 bits per heavy atom. The second kappa shape index (κ2) is 9.91. The molecule has 0 radical (unpaired) electrons. The first-order chi connectivity index (χ1) is 11.7. The molecule has 1 amide bonds. The minimum Gasteiger partial charge on any atom is -0.492 e. The molecule has 1 heterocycles. The third-order valence-corrected chi connectivity index (χ3v) is 4.12. The third kappa shape index (κ3) is 5.84. The van der Waals surface area contributed by atoms with Crippen molar-refractivity contribution < 1.29 is 14.3 Å². The van der Waals surface area contributed by atoms with Crippen LogP contribution < -0.4 is 10.1 Å². The molecule has 0 spiro atoms. The van der Waals surface area contributed by atoms with Crippen LogP contribution in [0.3, 0.4) is 0 Å². The largest absolute Gasteiger partial charge is 0.492 e. The van der Waals surface area contributed by atoms with Crippen molar-refractivity contribution in [3.05, 3.63) is 29.8 Å². The second-order valence-corrected chi connectivity index (χ2v) is 5.78. The van der Waals surface area contributed by atoms with Gasteiger partial charge in [-0.25, -0.2) is 0 Å². The quantitative estimate of drug-likeness (QED) is 0.785. The van der Waals surface area contributed by atoms with Crippen molar-refractivity contribution in [3.63, 3.8) is 0 Å². The van der Waals surface area contributed by atoms with Gasteiger partial charge in [-0.2, -0.15) is 5.26 Å². The van der Waals surface area contributed by atoms with E-state index >= 15 is 0 Å². The number of benzene rings is 1. The molecular weight excluding hydrogens is 306 g/mol. The van der Waals surface area contributed by atoms with E-state index in [0.29, 0.717) is 19.2 Å². The van der Waals surface area contributed by atoms with E-state index in [0.717, 1.165) is 44.0 Å². The zero-order valence-electron chi connectivity index (χ0n) is 14.2. The van der Waals surface area contributed by atoms with Gasteiger partial charge in [-0.15, -0.1) is 0 Å². The Balaban J connectivity index is 1.71. The van der Waals surface area contributed by atoms with Crippen molar-refractivity contribution in [1.29, 1.82) is 5.26 Å². The molecule has 0 saturated carbocycles. The summed E-state index contributed by atoms with van der Waals surface area (Å²) in [5.74, 6) is 0.567. The van der Waals surface area contributed by atoms with Crippen LogP contribution in [0.15, 0.2) is 24.3 Å². The summed E-state index contributed by atoms with van der Waals surface area (Å²) in [5, 5.41) is 11.1. The predicted octanol–water partition coefficient (Wildman–Crippen LogP) is 1.71. The highest BCUT2D eigenvalue weighted by Gasteiger charge is 2.20. The van der Waals surface area contributed by atoms with Crippen molar-refractivity contribution in [1.82, 2.24) is 10.2 Å². The molecule has 1 N–H and O–H groups in total. The maximum atomic E-state index is 11.3. The molecule has 0 aliphatic carbocycles. The van der Waals surface area contributed by atoms with Crippen LogP contribution in [0.4, 0.5) is 0 Å². The minimum absolute atomic E-state index is 0.110. The summed E-state index contributed by atoms with van der Waals surface area (Å²) in [5.41, 5.74) is 0.980. The fraction of sp³-hybridized carbons (Fsp3) is 0.556. The van der Waals surface area contributed by atoms with Crippen LogP contribution in [0, 0.1) is 11.3 Å². The molecule has 1 aromatic carbocycles. The average molecular weight is 331 g/mol. The summed E-state index contributed by atoms with van der Waals surface area (Å²) in [4.78, 5) is 13.7. The highest BCUT2D eigenvalue weighted by Crippen LogP contribution is 2.14. The number of carbonyl (C=O) groups excluding carboxylic acids is 1. The molecule has 6 heteroatoms. The number of nitrogens with one attached hydrogen (secondary N) is 1. The fourth-order valence-corrected chi connectivity index (χ4v) is 2.68. The maximum Gasteiger partial charge on any atom is 0.234 e. The van der Waals surface area contributed by atoms with Crippen molar-refractivity contribution in [2.24, 2.45) is 0 Å². The van der Waals surface area contributed by atoms with Crippen LogP contribution in [0.5, 0.6) is 5.75 Å². The van der Waals surface area contributed by atoms with E-state index in [1.807, 2.05) is 30.3 Å². The molecule has 1 aliphatic rings. The molecule has 1 fully saturated rings. The smallest absolute Gasteiger partial charge is 0.234 e. The van der Waals surface area contributed by atoms with Crippen molar-refractivity contribution in [2.75, 3.05) is 32.9 Å². The molecule has 6 nitrogen and oxygen atoms in total. The van der Waals surface area contributed by atoms with Gasteiger partial charge in [-0.3, -0.25) is 9.69 Å². The Morgan fingerprint density at radius 3 is 2.96 bits per heavy atom. The molecule has 0 bridgehead atoms. The maximum absolute atomic E-state index is 11.3. The summed E-state index contributed by atoms with van der Waals surface area (Å²) < 4.78 is 11.3. The zero-order valence-corrected chi connectivity index (χ0v) is 14.2. The van der Waals surface area contributed by atoms with Gasteiger partial charge in [0.05, 0.1) is 19.3 Å². The van der Waals surface area contributed by atoms with Gasteiger partial charge in [-0.05, 0) is 24.1 Å². The Morgan fingerprint density at radius 2 is 2.25 bits per heavy atom. The van der Waals surface area contributed by atoms with Gasteiger partial charge in [0.2, 0.25) is 5.91 Å². The standard InChI is InChI=1S/C18H25N3O3/c1-2-16-14-23-11-9-21(16)10-12-24-17-5-3-15(4-6-17)13-20-18(22)7-8-19/h3-6,16H,2,7,9-14H2,1H3,(H,20,22)/t16-/m1/s1. The molecular formula is C18H25N3O3. The summed E-state index contributed by atoms with van der Waals surface area (Å²) in [6.07, 6.45) is 0.980. The summed E-state index contributed by atoms with van der Waals surface area (Å²) in [7, 11) is 0. The van der Waals surface area contributed by atoms with Crippen LogP contribution >= 0.6 is 0 Å². The normalized spacial score (nSPS) is 17.9. The first kappa shape index (κ1) is 18.2. The predicted molar refractivity (Wildman–Crippen MR) is 90.5 cm³/mol. The number of carbonyl (C=O) groups is 1. The molecule has 1 saturated heterocycles. The number of rotatable bonds is 8. The number of hydrogen-bond donors (Lipinski definition) is 1. The Bertz CT molecular complexity index is 554. The average Bonchev–Trinajstić information content (AvgIpc) is 2.62. The summed E-state index contributed by atoms with van der Waals surface area (Å²) >= 11 is 0. The SMILES string of the molecule is CC[C@@H]1COCCN1CCOc1ccc(CNC(=O)CC#N)cc1. The molecule has 130 valence electrons. The monoisotopic (exact) mass is 331 g/mol. The molecule has 2 rings (SSSR count). The van der Waals surface area contributed by atoms with E-state index < -0.39 is 0 Å². The number of amides is 1. The first-order valence-electron chi connectivity index (χ1n) is 8.40. The van der Waals surface area contributed by atoms with Crippen LogP contribution in [-0.2, 0) is 16.1 Å². The van der Waals surface area contributed by atoms with Crippen LogP contribution in [-0.4, -0.2) is 49.8 Å². The lowest BCUT2D eigenvalue weighted by atomic mass is 10.2. The van der Waals surface area contributed by atoms with E-state index in [2.05, 4.69) is 17.1 Å². The highest BCUT2D eigenvalue weighted by atomic mass is 16.5. The Hall–Kier alpha value is -2.10. The van der Waals surface area contributed by atoms with Crippen molar-refractivity contribution >= 4 is 5.91 Å². The van der Waals surface area contributed by atoms with Gasteiger partial charge in [0.25, 0.3) is 0 Å². The topological polar surface area (TPSA) is 74.6 Å². The summed E-state index contributed by atoms with van der Waals surface area (Å²) in [6, 6.07) is 9.97.